The number of piperidine rings is 1. The van der Waals surface area contributed by atoms with E-state index in [-0.39, 0.29) is 17.5 Å². The molecule has 3 nitrogen and oxygen atoms in total. The number of hydrogen-bond acceptors (Lipinski definition) is 2. The van der Waals surface area contributed by atoms with Crippen LogP contribution < -0.4 is 5.73 Å². The standard InChI is InChI=1S/C12H24N2O/c1-4-12(5-2,6-3)14-9-7-8-10(13)11(14)15/h10H,4-9,13H2,1-3H3. The summed E-state index contributed by atoms with van der Waals surface area (Å²) in [6.45, 7) is 7.39. The van der Waals surface area contributed by atoms with E-state index in [0.717, 1.165) is 38.6 Å². The first-order chi connectivity index (χ1) is 7.11. The van der Waals surface area contributed by atoms with E-state index in [0.29, 0.717) is 0 Å². The zero-order chi connectivity index (χ0) is 11.5. The molecule has 0 spiro atoms. The topological polar surface area (TPSA) is 46.3 Å². The van der Waals surface area contributed by atoms with E-state index in [4.69, 9.17) is 5.73 Å². The summed E-state index contributed by atoms with van der Waals surface area (Å²) in [5.41, 5.74) is 5.89. The van der Waals surface area contributed by atoms with Crippen molar-refractivity contribution in [2.24, 2.45) is 5.73 Å². The monoisotopic (exact) mass is 212 g/mol. The average Bonchev–Trinajstić information content (AvgIpc) is 2.27. The average molecular weight is 212 g/mol. The van der Waals surface area contributed by atoms with Crippen molar-refractivity contribution in [2.45, 2.75) is 64.5 Å². The van der Waals surface area contributed by atoms with Crippen LogP contribution in [-0.2, 0) is 4.79 Å². The number of rotatable bonds is 4. The van der Waals surface area contributed by atoms with Crippen molar-refractivity contribution in [3.63, 3.8) is 0 Å². The van der Waals surface area contributed by atoms with E-state index >= 15 is 0 Å². The van der Waals surface area contributed by atoms with Crippen LogP contribution in [-0.4, -0.2) is 28.9 Å². The van der Waals surface area contributed by atoms with Crippen molar-refractivity contribution < 1.29 is 4.79 Å². The molecule has 1 aliphatic heterocycles. The Labute approximate surface area is 93.0 Å². The molecule has 0 radical (unpaired) electrons. The molecular formula is C12H24N2O. The maximum Gasteiger partial charge on any atom is 0.239 e. The second-order valence-electron chi connectivity index (χ2n) is 4.52. The quantitative estimate of drug-likeness (QED) is 0.773. The van der Waals surface area contributed by atoms with Gasteiger partial charge >= 0.3 is 0 Å². The first kappa shape index (κ1) is 12.5. The number of nitrogens with zero attached hydrogens (tertiary/aromatic N) is 1. The molecular weight excluding hydrogens is 188 g/mol. The van der Waals surface area contributed by atoms with E-state index in [1.54, 1.807) is 0 Å². The second kappa shape index (κ2) is 4.97. The molecule has 0 bridgehead atoms. The van der Waals surface area contributed by atoms with Gasteiger partial charge in [0.1, 0.15) is 0 Å². The normalized spacial score (nSPS) is 23.3. The van der Waals surface area contributed by atoms with Crippen LogP contribution in [0.15, 0.2) is 0 Å². The third kappa shape index (κ3) is 2.17. The van der Waals surface area contributed by atoms with Gasteiger partial charge in [-0.1, -0.05) is 20.8 Å². The highest BCUT2D eigenvalue weighted by Crippen LogP contribution is 2.30. The summed E-state index contributed by atoms with van der Waals surface area (Å²) in [5.74, 6) is 0.159. The summed E-state index contributed by atoms with van der Waals surface area (Å²) in [6.07, 6.45) is 4.98. The third-order valence-corrected chi connectivity index (χ3v) is 4.03. The minimum absolute atomic E-state index is 0.0507. The fraction of sp³-hybridized carbons (Fsp3) is 0.917. The summed E-state index contributed by atoms with van der Waals surface area (Å²) in [6, 6.07) is -0.261. The first-order valence-corrected chi connectivity index (χ1v) is 6.18. The van der Waals surface area contributed by atoms with Crippen LogP contribution in [0.2, 0.25) is 0 Å². The SMILES string of the molecule is CCC(CC)(CC)N1CCCC(N)C1=O. The predicted octanol–water partition coefficient (Wildman–Crippen LogP) is 1.90. The molecule has 1 aliphatic rings. The van der Waals surface area contributed by atoms with Crippen molar-refractivity contribution in [3.05, 3.63) is 0 Å². The first-order valence-electron chi connectivity index (χ1n) is 6.18. The van der Waals surface area contributed by atoms with E-state index in [9.17, 15) is 4.79 Å². The van der Waals surface area contributed by atoms with Gasteiger partial charge in [-0.15, -0.1) is 0 Å². The zero-order valence-corrected chi connectivity index (χ0v) is 10.3. The van der Waals surface area contributed by atoms with Crippen LogP contribution in [0, 0.1) is 0 Å². The molecule has 2 N–H and O–H groups in total. The molecule has 0 aromatic carbocycles. The highest BCUT2D eigenvalue weighted by atomic mass is 16.2. The summed E-state index contributed by atoms with van der Waals surface area (Å²) < 4.78 is 0. The highest BCUT2D eigenvalue weighted by Gasteiger charge is 2.38. The number of amides is 1. The molecule has 1 atom stereocenters. The van der Waals surface area contributed by atoms with Crippen LogP contribution in [0.5, 0.6) is 0 Å². The van der Waals surface area contributed by atoms with Crippen molar-refractivity contribution in [2.75, 3.05) is 6.54 Å². The van der Waals surface area contributed by atoms with Crippen LogP contribution in [0.25, 0.3) is 0 Å². The Morgan fingerprint density at radius 1 is 1.33 bits per heavy atom. The summed E-state index contributed by atoms with van der Waals surface area (Å²) >= 11 is 0. The molecule has 1 heterocycles. The fourth-order valence-corrected chi connectivity index (χ4v) is 2.70. The maximum atomic E-state index is 12.0. The van der Waals surface area contributed by atoms with Crippen molar-refractivity contribution in [3.8, 4) is 0 Å². The largest absolute Gasteiger partial charge is 0.336 e. The summed E-state index contributed by atoms with van der Waals surface area (Å²) in [4.78, 5) is 14.1. The summed E-state index contributed by atoms with van der Waals surface area (Å²) in [5, 5.41) is 0. The van der Waals surface area contributed by atoms with Crippen molar-refractivity contribution in [1.82, 2.24) is 4.90 Å². The molecule has 88 valence electrons. The second-order valence-corrected chi connectivity index (χ2v) is 4.52. The molecule has 0 aliphatic carbocycles. The lowest BCUT2D eigenvalue weighted by molar-refractivity contribution is -0.142. The molecule has 1 rings (SSSR count). The number of nitrogens with two attached hydrogens (primary N) is 1. The highest BCUT2D eigenvalue weighted by molar-refractivity contribution is 5.83. The molecule has 1 saturated heterocycles. The van der Waals surface area contributed by atoms with Gasteiger partial charge in [-0.05, 0) is 32.1 Å². The predicted molar refractivity (Wildman–Crippen MR) is 62.5 cm³/mol. The molecule has 0 saturated carbocycles. The van der Waals surface area contributed by atoms with Gasteiger partial charge < -0.3 is 10.6 Å². The lowest BCUT2D eigenvalue weighted by atomic mass is 9.85. The maximum absolute atomic E-state index is 12.0. The van der Waals surface area contributed by atoms with E-state index in [2.05, 4.69) is 20.8 Å². The van der Waals surface area contributed by atoms with Gasteiger partial charge in [0.2, 0.25) is 5.91 Å². The zero-order valence-electron chi connectivity index (χ0n) is 10.3. The minimum atomic E-state index is -0.261. The fourth-order valence-electron chi connectivity index (χ4n) is 2.70. The van der Waals surface area contributed by atoms with Crippen LogP contribution in [0.4, 0.5) is 0 Å². The molecule has 1 fully saturated rings. The molecule has 1 amide bonds. The van der Waals surface area contributed by atoms with Gasteiger partial charge in [0.25, 0.3) is 0 Å². The van der Waals surface area contributed by atoms with Gasteiger partial charge in [0.15, 0.2) is 0 Å². The van der Waals surface area contributed by atoms with Crippen LogP contribution in [0.1, 0.15) is 52.9 Å². The lowest BCUT2D eigenvalue weighted by Crippen LogP contribution is -2.58. The Kier molecular flexibility index (Phi) is 4.14. The number of carbonyl (C=O) groups is 1. The third-order valence-electron chi connectivity index (χ3n) is 4.03. The van der Waals surface area contributed by atoms with Gasteiger partial charge in [0, 0.05) is 12.1 Å². The molecule has 3 heteroatoms. The Bertz CT molecular complexity index is 215. The lowest BCUT2D eigenvalue weighted by Gasteiger charge is -2.46. The van der Waals surface area contributed by atoms with Gasteiger partial charge in [-0.2, -0.15) is 0 Å². The van der Waals surface area contributed by atoms with E-state index in [1.807, 2.05) is 4.90 Å². The molecule has 0 aromatic heterocycles. The molecule has 1 unspecified atom stereocenters. The van der Waals surface area contributed by atoms with E-state index in [1.165, 1.54) is 0 Å². The Balaban J connectivity index is 2.87. The van der Waals surface area contributed by atoms with Crippen LogP contribution >= 0.6 is 0 Å². The number of carbonyl (C=O) groups excluding carboxylic acids is 1. The Morgan fingerprint density at radius 3 is 2.33 bits per heavy atom. The summed E-state index contributed by atoms with van der Waals surface area (Å²) in [7, 11) is 0. The van der Waals surface area contributed by atoms with Crippen molar-refractivity contribution in [1.29, 1.82) is 0 Å². The van der Waals surface area contributed by atoms with Crippen molar-refractivity contribution >= 4 is 5.91 Å². The molecule has 15 heavy (non-hydrogen) atoms. The smallest absolute Gasteiger partial charge is 0.239 e. The van der Waals surface area contributed by atoms with Gasteiger partial charge in [0.05, 0.1) is 6.04 Å². The number of likely N-dealkylation sites (tertiary alicyclic amines) is 1. The number of hydrogen-bond donors (Lipinski definition) is 1. The van der Waals surface area contributed by atoms with Gasteiger partial charge in [-0.25, -0.2) is 0 Å². The van der Waals surface area contributed by atoms with E-state index < -0.39 is 0 Å². The Morgan fingerprint density at radius 2 is 1.87 bits per heavy atom. The minimum Gasteiger partial charge on any atom is -0.336 e. The van der Waals surface area contributed by atoms with Crippen LogP contribution in [0.3, 0.4) is 0 Å². The Hall–Kier alpha value is -0.570. The molecule has 0 aromatic rings. The van der Waals surface area contributed by atoms with Gasteiger partial charge in [-0.3, -0.25) is 4.79 Å².